The fraction of sp³-hybridized carbons (Fsp3) is 0.263. The van der Waals surface area contributed by atoms with Crippen LogP contribution in [-0.4, -0.2) is 32.2 Å². The van der Waals surface area contributed by atoms with Gasteiger partial charge in [0, 0.05) is 17.8 Å². The van der Waals surface area contributed by atoms with Crippen LogP contribution in [0.5, 0.6) is 17.2 Å². The predicted molar refractivity (Wildman–Crippen MR) is 93.4 cm³/mol. The molecule has 2 aromatic carbocycles. The van der Waals surface area contributed by atoms with Gasteiger partial charge in [0.1, 0.15) is 5.75 Å². The first-order valence-corrected chi connectivity index (χ1v) is 8.09. The number of aliphatic imine (C=N–C) groups is 1. The van der Waals surface area contributed by atoms with Crippen molar-refractivity contribution in [3.05, 3.63) is 47.5 Å². The summed E-state index contributed by atoms with van der Waals surface area (Å²) in [7, 11) is 0. The van der Waals surface area contributed by atoms with Crippen LogP contribution in [0.4, 0.5) is 5.69 Å². The molecule has 2 aromatic rings. The lowest BCUT2D eigenvalue weighted by molar-refractivity contribution is 0.0526. The van der Waals surface area contributed by atoms with E-state index in [1.165, 1.54) is 0 Å². The maximum atomic E-state index is 11.8. The van der Waals surface area contributed by atoms with Crippen molar-refractivity contribution in [2.75, 3.05) is 20.0 Å². The van der Waals surface area contributed by atoms with E-state index in [0.29, 0.717) is 41.7 Å². The number of esters is 1. The third-order valence-corrected chi connectivity index (χ3v) is 3.51. The Hall–Kier alpha value is -3.02. The van der Waals surface area contributed by atoms with Gasteiger partial charge in [-0.2, -0.15) is 0 Å². The molecule has 3 rings (SSSR count). The van der Waals surface area contributed by atoms with Gasteiger partial charge in [-0.1, -0.05) is 6.07 Å². The lowest BCUT2D eigenvalue weighted by atomic mass is 10.2. The highest BCUT2D eigenvalue weighted by molar-refractivity contribution is 5.91. The summed E-state index contributed by atoms with van der Waals surface area (Å²) in [6.45, 7) is 4.74. The van der Waals surface area contributed by atoms with Gasteiger partial charge >= 0.3 is 5.97 Å². The molecule has 0 N–H and O–H groups in total. The first-order valence-electron chi connectivity index (χ1n) is 8.09. The number of nitrogens with zero attached hydrogens (tertiary/aromatic N) is 1. The third kappa shape index (κ3) is 3.91. The van der Waals surface area contributed by atoms with Crippen molar-refractivity contribution < 1.29 is 23.7 Å². The molecule has 1 aliphatic rings. The number of carbonyl (C=O) groups excluding carboxylic acids is 1. The van der Waals surface area contributed by atoms with Crippen LogP contribution >= 0.6 is 0 Å². The van der Waals surface area contributed by atoms with E-state index in [4.69, 9.17) is 18.9 Å². The lowest BCUT2D eigenvalue weighted by Gasteiger charge is -2.08. The largest absolute Gasteiger partial charge is 0.493 e. The Kier molecular flexibility index (Phi) is 5.18. The van der Waals surface area contributed by atoms with Gasteiger partial charge < -0.3 is 18.9 Å². The zero-order chi connectivity index (χ0) is 17.6. The van der Waals surface area contributed by atoms with Crippen molar-refractivity contribution in [2.45, 2.75) is 13.8 Å². The Morgan fingerprint density at radius 2 is 1.96 bits per heavy atom. The molecule has 0 saturated carbocycles. The first kappa shape index (κ1) is 16.8. The molecule has 6 nitrogen and oxygen atoms in total. The minimum Gasteiger partial charge on any atom is -0.493 e. The summed E-state index contributed by atoms with van der Waals surface area (Å²) in [6, 6.07) is 10.6. The molecular weight excluding hydrogens is 322 g/mol. The van der Waals surface area contributed by atoms with E-state index in [2.05, 4.69) is 4.99 Å². The van der Waals surface area contributed by atoms with Crippen molar-refractivity contribution in [3.63, 3.8) is 0 Å². The van der Waals surface area contributed by atoms with Gasteiger partial charge in [0.25, 0.3) is 0 Å². The Bertz CT molecular complexity index is 800. The van der Waals surface area contributed by atoms with Crippen LogP contribution in [0, 0.1) is 0 Å². The highest BCUT2D eigenvalue weighted by Crippen LogP contribution is 2.37. The van der Waals surface area contributed by atoms with Crippen LogP contribution in [0.1, 0.15) is 29.8 Å². The van der Waals surface area contributed by atoms with Gasteiger partial charge in [0.15, 0.2) is 11.5 Å². The van der Waals surface area contributed by atoms with Crippen LogP contribution in [0.15, 0.2) is 41.4 Å². The molecule has 0 aromatic heterocycles. The second-order valence-electron chi connectivity index (χ2n) is 5.21. The highest BCUT2D eigenvalue weighted by Gasteiger charge is 2.17. The number of ether oxygens (including phenoxy) is 4. The van der Waals surface area contributed by atoms with Crippen LogP contribution in [-0.2, 0) is 4.74 Å². The fourth-order valence-corrected chi connectivity index (χ4v) is 2.39. The van der Waals surface area contributed by atoms with E-state index >= 15 is 0 Å². The molecule has 0 aliphatic carbocycles. The molecule has 0 bridgehead atoms. The molecule has 0 radical (unpaired) electrons. The summed E-state index contributed by atoms with van der Waals surface area (Å²) in [5.74, 6) is 1.62. The maximum absolute atomic E-state index is 11.8. The van der Waals surface area contributed by atoms with Gasteiger partial charge in [-0.15, -0.1) is 0 Å². The molecule has 6 heteroatoms. The molecule has 0 unspecified atom stereocenters. The van der Waals surface area contributed by atoms with Crippen LogP contribution in [0.3, 0.4) is 0 Å². The summed E-state index contributed by atoms with van der Waals surface area (Å²) in [4.78, 5) is 16.3. The number of rotatable bonds is 6. The van der Waals surface area contributed by atoms with Crippen molar-refractivity contribution in [3.8, 4) is 17.2 Å². The Labute approximate surface area is 146 Å². The molecule has 0 saturated heterocycles. The van der Waals surface area contributed by atoms with Crippen LogP contribution in [0.2, 0.25) is 0 Å². The summed E-state index contributed by atoms with van der Waals surface area (Å²) < 4.78 is 21.4. The molecule has 0 fully saturated rings. The Morgan fingerprint density at radius 1 is 1.16 bits per heavy atom. The first-order chi connectivity index (χ1) is 12.2. The molecule has 25 heavy (non-hydrogen) atoms. The zero-order valence-corrected chi connectivity index (χ0v) is 14.2. The minimum atomic E-state index is -0.363. The van der Waals surface area contributed by atoms with Gasteiger partial charge in [0.2, 0.25) is 6.79 Å². The number of benzene rings is 2. The number of hydrogen-bond donors (Lipinski definition) is 0. The van der Waals surface area contributed by atoms with E-state index in [9.17, 15) is 4.79 Å². The molecule has 130 valence electrons. The average Bonchev–Trinajstić information content (AvgIpc) is 3.07. The topological polar surface area (TPSA) is 66.4 Å². The predicted octanol–water partition coefficient (Wildman–Crippen LogP) is 3.74. The van der Waals surface area contributed by atoms with Gasteiger partial charge in [-0.25, -0.2) is 4.79 Å². The van der Waals surface area contributed by atoms with Gasteiger partial charge in [-0.3, -0.25) is 4.99 Å². The minimum absolute atomic E-state index is 0.197. The van der Waals surface area contributed by atoms with E-state index < -0.39 is 0 Å². The molecule has 0 atom stereocenters. The summed E-state index contributed by atoms with van der Waals surface area (Å²) >= 11 is 0. The SMILES string of the molecule is CCOC(=O)c1cccc(N=Cc2cc3c(cc2OCC)OCO3)c1. The Balaban J connectivity index is 1.87. The van der Waals surface area contributed by atoms with Gasteiger partial charge in [0.05, 0.1) is 24.5 Å². The fourth-order valence-electron chi connectivity index (χ4n) is 2.39. The van der Waals surface area contributed by atoms with E-state index in [-0.39, 0.29) is 12.8 Å². The van der Waals surface area contributed by atoms with E-state index in [0.717, 1.165) is 5.56 Å². The van der Waals surface area contributed by atoms with E-state index in [1.807, 2.05) is 19.1 Å². The van der Waals surface area contributed by atoms with Crippen LogP contribution in [0.25, 0.3) is 0 Å². The lowest BCUT2D eigenvalue weighted by Crippen LogP contribution is -2.03. The van der Waals surface area contributed by atoms with Crippen molar-refractivity contribution in [2.24, 2.45) is 4.99 Å². The second kappa shape index (κ2) is 7.70. The number of carbonyl (C=O) groups is 1. The summed E-state index contributed by atoms with van der Waals surface area (Å²) in [6.07, 6.45) is 1.68. The Morgan fingerprint density at radius 3 is 2.72 bits per heavy atom. The quantitative estimate of drug-likeness (QED) is 0.591. The monoisotopic (exact) mass is 341 g/mol. The molecule has 1 aliphatic heterocycles. The van der Waals surface area contributed by atoms with Crippen LogP contribution < -0.4 is 14.2 Å². The maximum Gasteiger partial charge on any atom is 0.338 e. The zero-order valence-electron chi connectivity index (χ0n) is 14.2. The van der Waals surface area contributed by atoms with Crippen molar-refractivity contribution in [1.82, 2.24) is 0 Å². The molecule has 0 spiro atoms. The normalized spacial score (nSPS) is 12.4. The van der Waals surface area contributed by atoms with Crippen molar-refractivity contribution >= 4 is 17.9 Å². The summed E-state index contributed by atoms with van der Waals surface area (Å²) in [5, 5.41) is 0. The van der Waals surface area contributed by atoms with Gasteiger partial charge in [-0.05, 0) is 38.1 Å². The van der Waals surface area contributed by atoms with Crippen molar-refractivity contribution in [1.29, 1.82) is 0 Å². The number of fused-ring (bicyclic) bond motifs is 1. The smallest absolute Gasteiger partial charge is 0.338 e. The van der Waals surface area contributed by atoms with E-state index in [1.54, 1.807) is 37.4 Å². The molecule has 1 heterocycles. The second-order valence-corrected chi connectivity index (χ2v) is 5.21. The molecular formula is C19H19NO5. The summed E-state index contributed by atoms with van der Waals surface area (Å²) in [5.41, 5.74) is 1.88. The average molecular weight is 341 g/mol. The molecule has 0 amide bonds. The standard InChI is InChI=1S/C19H19NO5/c1-3-22-16-10-18-17(24-12-25-18)9-14(16)11-20-15-7-5-6-13(8-15)19(21)23-4-2/h5-11H,3-4,12H2,1-2H3. The highest BCUT2D eigenvalue weighted by atomic mass is 16.7. The number of hydrogen-bond acceptors (Lipinski definition) is 6. The third-order valence-electron chi connectivity index (χ3n) is 3.51.